The van der Waals surface area contributed by atoms with Gasteiger partial charge < -0.3 is 4.74 Å². The van der Waals surface area contributed by atoms with Gasteiger partial charge in [-0.2, -0.15) is 0 Å². The third kappa shape index (κ3) is 2.49. The fourth-order valence-corrected chi connectivity index (χ4v) is 2.51. The smallest absolute Gasteiger partial charge is 0.188 e. The second-order valence-corrected chi connectivity index (χ2v) is 5.67. The summed E-state index contributed by atoms with van der Waals surface area (Å²) in [5.74, 6) is 1.03. The number of hydrogen-bond acceptors (Lipinski definition) is 2. The van der Waals surface area contributed by atoms with Crippen LogP contribution in [0.3, 0.4) is 0 Å². The normalized spacial score (nSPS) is 16.0. The molecule has 0 fully saturated rings. The second kappa shape index (κ2) is 5.23. The van der Waals surface area contributed by atoms with Crippen LogP contribution in [0.5, 0.6) is 0 Å². The number of hydrogen-bond donors (Lipinski definition) is 0. The van der Waals surface area contributed by atoms with E-state index in [-0.39, 0.29) is 12.4 Å². The van der Waals surface area contributed by atoms with Crippen LogP contribution in [0.25, 0.3) is 0 Å². The second-order valence-electron chi connectivity index (χ2n) is 5.67. The van der Waals surface area contributed by atoms with Gasteiger partial charge in [-0.25, -0.2) is 0 Å². The van der Waals surface area contributed by atoms with E-state index in [1.165, 1.54) is 16.7 Å². The minimum absolute atomic E-state index is 0.131. The number of carbonyl (C=O) groups is 1. The van der Waals surface area contributed by atoms with Crippen LogP contribution in [0.15, 0.2) is 12.1 Å². The van der Waals surface area contributed by atoms with Gasteiger partial charge in [0.15, 0.2) is 5.78 Å². The van der Waals surface area contributed by atoms with Crippen molar-refractivity contribution < 1.29 is 9.53 Å². The molecule has 18 heavy (non-hydrogen) atoms. The molecule has 1 aromatic carbocycles. The number of carbonyl (C=O) groups excluding carboxylic acids is 1. The molecule has 2 rings (SSSR count). The largest absolute Gasteiger partial charge is 0.373 e. The highest BCUT2D eigenvalue weighted by Crippen LogP contribution is 2.30. The number of benzene rings is 1. The lowest BCUT2D eigenvalue weighted by molar-refractivity contribution is 0.0788. The fraction of sp³-hybridized carbons (Fsp3) is 0.562. The van der Waals surface area contributed by atoms with E-state index in [1.807, 2.05) is 0 Å². The van der Waals surface area contributed by atoms with Crippen LogP contribution >= 0.6 is 0 Å². The molecule has 0 atom stereocenters. The minimum atomic E-state index is 0.131. The predicted molar refractivity (Wildman–Crippen MR) is 73.5 cm³/mol. The molecule has 1 heterocycles. The zero-order chi connectivity index (χ0) is 13.3. The van der Waals surface area contributed by atoms with Crippen LogP contribution < -0.4 is 0 Å². The Morgan fingerprint density at radius 2 is 1.83 bits per heavy atom. The van der Waals surface area contributed by atoms with E-state index >= 15 is 0 Å². The molecule has 0 N–H and O–H groups in total. The van der Waals surface area contributed by atoms with E-state index in [0.717, 1.165) is 12.0 Å². The third-order valence-corrected chi connectivity index (χ3v) is 3.63. The molecule has 1 aliphatic heterocycles. The molecule has 0 radical (unpaired) electrons. The number of Topliss-reactive ketones (excluding diaryl/α,β-unsaturated/α-hetero) is 1. The number of ketones is 1. The number of ether oxygens (including phenoxy) is 1. The van der Waals surface area contributed by atoms with Gasteiger partial charge in [0.1, 0.15) is 6.61 Å². The maximum atomic E-state index is 12.1. The van der Waals surface area contributed by atoms with E-state index in [2.05, 4.69) is 39.8 Å². The first-order valence-electron chi connectivity index (χ1n) is 6.78. The van der Waals surface area contributed by atoms with Crippen molar-refractivity contribution in [2.45, 2.75) is 46.0 Å². The summed E-state index contributed by atoms with van der Waals surface area (Å²) in [6.07, 6.45) is 0.854. The van der Waals surface area contributed by atoms with Crippen LogP contribution in [0, 0.1) is 0 Å². The van der Waals surface area contributed by atoms with E-state index in [9.17, 15) is 4.79 Å². The molecule has 2 nitrogen and oxygen atoms in total. The Hall–Kier alpha value is -1.15. The highest BCUT2D eigenvalue weighted by atomic mass is 16.5. The van der Waals surface area contributed by atoms with E-state index in [4.69, 9.17) is 4.74 Å². The van der Waals surface area contributed by atoms with Crippen LogP contribution in [0.2, 0.25) is 0 Å². The highest BCUT2D eigenvalue weighted by molar-refractivity contribution is 5.99. The highest BCUT2D eigenvalue weighted by Gasteiger charge is 2.21. The lowest BCUT2D eigenvalue weighted by atomic mass is 9.86. The summed E-state index contributed by atoms with van der Waals surface area (Å²) in [7, 11) is 0. The van der Waals surface area contributed by atoms with Crippen molar-refractivity contribution in [1.82, 2.24) is 0 Å². The fourth-order valence-electron chi connectivity index (χ4n) is 2.51. The zero-order valence-corrected chi connectivity index (χ0v) is 11.7. The Kier molecular flexibility index (Phi) is 3.86. The Bertz CT molecular complexity index is 458. The first-order valence-corrected chi connectivity index (χ1v) is 6.78. The quantitative estimate of drug-likeness (QED) is 0.795. The number of fused-ring (bicyclic) bond motifs is 1. The van der Waals surface area contributed by atoms with Gasteiger partial charge in [-0.3, -0.25) is 4.79 Å². The predicted octanol–water partition coefficient (Wildman–Crippen LogP) is 3.69. The standard InChI is InChI=1S/C16H22O2/c1-10(2)12-7-14(11(3)4)13-5-6-18-9-16(17)15(13)8-12/h7-8,10-11H,5-6,9H2,1-4H3. The molecule has 0 spiro atoms. The minimum Gasteiger partial charge on any atom is -0.373 e. The van der Waals surface area contributed by atoms with E-state index in [0.29, 0.717) is 18.4 Å². The molecule has 0 bridgehead atoms. The van der Waals surface area contributed by atoms with Crippen molar-refractivity contribution >= 4 is 5.78 Å². The SMILES string of the molecule is CC(C)c1cc2c(c(C(C)C)c1)CCOCC2=O. The molecule has 0 saturated carbocycles. The van der Waals surface area contributed by atoms with Gasteiger partial charge in [-0.05, 0) is 41.0 Å². The molecule has 1 aliphatic rings. The maximum absolute atomic E-state index is 12.1. The molecular formula is C16H22O2. The van der Waals surface area contributed by atoms with Gasteiger partial charge in [-0.15, -0.1) is 0 Å². The Balaban J connectivity index is 2.62. The summed E-state index contributed by atoms with van der Waals surface area (Å²) in [6, 6.07) is 4.34. The zero-order valence-electron chi connectivity index (χ0n) is 11.7. The summed E-state index contributed by atoms with van der Waals surface area (Å²) in [5.41, 5.74) is 4.67. The molecule has 0 aromatic heterocycles. The molecule has 0 unspecified atom stereocenters. The number of rotatable bonds is 2. The van der Waals surface area contributed by atoms with Gasteiger partial charge in [0, 0.05) is 5.56 Å². The average molecular weight is 246 g/mol. The maximum Gasteiger partial charge on any atom is 0.188 e. The Labute approximate surface area is 109 Å². The molecule has 0 saturated heterocycles. The summed E-state index contributed by atoms with van der Waals surface area (Å²) in [6.45, 7) is 9.60. The van der Waals surface area contributed by atoms with Crippen molar-refractivity contribution in [2.24, 2.45) is 0 Å². The van der Waals surface area contributed by atoms with Gasteiger partial charge in [0.05, 0.1) is 6.61 Å². The van der Waals surface area contributed by atoms with Crippen molar-refractivity contribution in [1.29, 1.82) is 0 Å². The lowest BCUT2D eigenvalue weighted by Gasteiger charge is -2.18. The van der Waals surface area contributed by atoms with Crippen LogP contribution in [0.1, 0.15) is 66.6 Å². The van der Waals surface area contributed by atoms with E-state index in [1.54, 1.807) is 0 Å². The Morgan fingerprint density at radius 1 is 1.11 bits per heavy atom. The summed E-state index contributed by atoms with van der Waals surface area (Å²) < 4.78 is 5.37. The molecule has 98 valence electrons. The monoisotopic (exact) mass is 246 g/mol. The van der Waals surface area contributed by atoms with Crippen molar-refractivity contribution in [3.05, 3.63) is 34.4 Å². The topological polar surface area (TPSA) is 26.3 Å². The van der Waals surface area contributed by atoms with E-state index < -0.39 is 0 Å². The van der Waals surface area contributed by atoms with Gasteiger partial charge in [0.25, 0.3) is 0 Å². The van der Waals surface area contributed by atoms with Gasteiger partial charge in [-0.1, -0.05) is 33.8 Å². The van der Waals surface area contributed by atoms with Crippen LogP contribution in [0.4, 0.5) is 0 Å². The van der Waals surface area contributed by atoms with Gasteiger partial charge in [0.2, 0.25) is 0 Å². The van der Waals surface area contributed by atoms with Gasteiger partial charge >= 0.3 is 0 Å². The van der Waals surface area contributed by atoms with Crippen molar-refractivity contribution in [3.63, 3.8) is 0 Å². The molecule has 0 aliphatic carbocycles. The first kappa shape index (κ1) is 13.3. The summed E-state index contributed by atoms with van der Waals surface area (Å²) >= 11 is 0. The molecule has 1 aromatic rings. The third-order valence-electron chi connectivity index (χ3n) is 3.63. The Morgan fingerprint density at radius 3 is 2.44 bits per heavy atom. The molecule has 0 amide bonds. The van der Waals surface area contributed by atoms with Crippen LogP contribution in [-0.2, 0) is 11.2 Å². The first-order chi connectivity index (χ1) is 8.50. The lowest BCUT2D eigenvalue weighted by Crippen LogP contribution is -2.10. The van der Waals surface area contributed by atoms with Crippen molar-refractivity contribution in [2.75, 3.05) is 13.2 Å². The van der Waals surface area contributed by atoms with Crippen LogP contribution in [-0.4, -0.2) is 19.0 Å². The summed E-state index contributed by atoms with van der Waals surface area (Å²) in [5, 5.41) is 0. The van der Waals surface area contributed by atoms with Crippen molar-refractivity contribution in [3.8, 4) is 0 Å². The average Bonchev–Trinajstić information content (AvgIpc) is 2.50. The molecular weight excluding hydrogens is 224 g/mol. The summed E-state index contributed by atoms with van der Waals surface area (Å²) in [4.78, 5) is 12.1. The molecule has 2 heteroatoms.